The number of para-hydroxylation sites is 2. The minimum Gasteiger partial charge on any atom is -0.495 e. The monoisotopic (exact) mass is 493 g/mol. The van der Waals surface area contributed by atoms with E-state index in [1.165, 1.54) is 18.7 Å². The van der Waals surface area contributed by atoms with E-state index in [2.05, 4.69) is 20.8 Å². The number of carbonyl (C=O) groups excluding carboxylic acids is 2. The van der Waals surface area contributed by atoms with Crippen molar-refractivity contribution in [2.45, 2.75) is 24.3 Å². The molecule has 1 atom stereocenters. The van der Waals surface area contributed by atoms with Crippen molar-refractivity contribution < 1.29 is 14.3 Å². The summed E-state index contributed by atoms with van der Waals surface area (Å²) < 4.78 is 7.49. The lowest BCUT2D eigenvalue weighted by molar-refractivity contribution is -0.115. The largest absolute Gasteiger partial charge is 0.495 e. The number of rotatable bonds is 8. The number of hydrogen-bond donors (Lipinski definition) is 2. The number of methoxy groups -OCH3 is 1. The van der Waals surface area contributed by atoms with Crippen molar-refractivity contribution in [2.75, 3.05) is 17.7 Å². The van der Waals surface area contributed by atoms with E-state index in [1.54, 1.807) is 42.7 Å². The van der Waals surface area contributed by atoms with Gasteiger partial charge in [0, 0.05) is 18.3 Å². The highest BCUT2D eigenvalue weighted by atomic mass is 32.2. The molecule has 0 aliphatic carbocycles. The molecule has 0 aliphatic rings. The summed E-state index contributed by atoms with van der Waals surface area (Å²) in [6.07, 6.45) is 0. The first kappa shape index (κ1) is 23.5. The molecule has 0 saturated carbocycles. The predicted octanol–water partition coefficient (Wildman–Crippen LogP) is 5.08. The first-order valence-corrected chi connectivity index (χ1v) is 12.2. The van der Waals surface area contributed by atoms with E-state index in [4.69, 9.17) is 4.74 Å². The smallest absolute Gasteiger partial charge is 0.237 e. The number of benzene rings is 2. The molecule has 2 N–H and O–H groups in total. The van der Waals surface area contributed by atoms with Gasteiger partial charge in [-0.25, -0.2) is 0 Å². The number of nitrogens with one attached hydrogen (secondary N) is 2. The van der Waals surface area contributed by atoms with Gasteiger partial charge in [0.05, 0.1) is 22.9 Å². The van der Waals surface area contributed by atoms with Crippen LogP contribution in [0, 0.1) is 0 Å². The highest BCUT2D eigenvalue weighted by molar-refractivity contribution is 8.00. The van der Waals surface area contributed by atoms with Gasteiger partial charge in [0.2, 0.25) is 11.8 Å². The van der Waals surface area contributed by atoms with Crippen LogP contribution in [-0.2, 0) is 9.59 Å². The molecule has 0 unspecified atom stereocenters. The van der Waals surface area contributed by atoms with E-state index in [1.807, 2.05) is 53.3 Å². The van der Waals surface area contributed by atoms with Crippen LogP contribution >= 0.6 is 23.1 Å². The molecule has 0 saturated heterocycles. The molecule has 2 aromatic carbocycles. The first-order chi connectivity index (χ1) is 16.5. The van der Waals surface area contributed by atoms with Gasteiger partial charge < -0.3 is 15.4 Å². The number of hydrogen-bond acceptors (Lipinski definition) is 7. The molecule has 0 radical (unpaired) electrons. The number of thiophene rings is 1. The molecule has 2 amide bonds. The maximum Gasteiger partial charge on any atom is 0.237 e. The Labute approximate surface area is 205 Å². The Hall–Kier alpha value is -3.63. The number of nitrogens with zero attached hydrogens (tertiary/aromatic N) is 3. The van der Waals surface area contributed by atoms with Gasteiger partial charge in [-0.05, 0) is 54.8 Å². The SMILES string of the molecule is COc1ccccc1-n1c(S[C@H](C)C(=O)Nc2ccc(NC(C)=O)cc2)nnc1-c1cccs1. The summed E-state index contributed by atoms with van der Waals surface area (Å²) in [4.78, 5) is 25.0. The summed E-state index contributed by atoms with van der Waals surface area (Å²) in [6, 6.07) is 18.5. The zero-order valence-electron chi connectivity index (χ0n) is 18.8. The second-order valence-electron chi connectivity index (χ2n) is 7.30. The lowest BCUT2D eigenvalue weighted by Crippen LogP contribution is -2.23. The van der Waals surface area contributed by atoms with Crippen molar-refractivity contribution in [1.82, 2.24) is 14.8 Å². The van der Waals surface area contributed by atoms with Crippen molar-refractivity contribution in [3.8, 4) is 22.1 Å². The fourth-order valence-corrected chi connectivity index (χ4v) is 4.80. The maximum atomic E-state index is 12.9. The first-order valence-electron chi connectivity index (χ1n) is 10.4. The zero-order valence-corrected chi connectivity index (χ0v) is 20.4. The third kappa shape index (κ3) is 5.29. The molecular weight excluding hydrogens is 470 g/mol. The Balaban J connectivity index is 1.57. The fraction of sp³-hybridized carbons (Fsp3) is 0.167. The molecular formula is C24H23N5O3S2. The van der Waals surface area contributed by atoms with E-state index in [9.17, 15) is 9.59 Å². The van der Waals surface area contributed by atoms with E-state index >= 15 is 0 Å². The van der Waals surface area contributed by atoms with Gasteiger partial charge >= 0.3 is 0 Å². The van der Waals surface area contributed by atoms with Crippen LogP contribution in [-0.4, -0.2) is 38.9 Å². The summed E-state index contributed by atoms with van der Waals surface area (Å²) in [7, 11) is 1.62. The number of thioether (sulfide) groups is 1. The second-order valence-corrected chi connectivity index (χ2v) is 9.55. The molecule has 0 spiro atoms. The Morgan fingerprint density at radius 2 is 1.71 bits per heavy atom. The molecule has 4 rings (SSSR count). The highest BCUT2D eigenvalue weighted by Gasteiger charge is 2.23. The molecule has 174 valence electrons. The number of anilines is 2. The number of ether oxygens (including phenoxy) is 1. The van der Waals surface area contributed by atoms with Crippen LogP contribution in [0.2, 0.25) is 0 Å². The van der Waals surface area contributed by atoms with Crippen molar-refractivity contribution in [3.63, 3.8) is 0 Å². The highest BCUT2D eigenvalue weighted by Crippen LogP contribution is 2.35. The van der Waals surface area contributed by atoms with Crippen LogP contribution in [0.15, 0.2) is 71.2 Å². The fourth-order valence-electron chi connectivity index (χ4n) is 3.24. The van der Waals surface area contributed by atoms with E-state index in [-0.39, 0.29) is 11.8 Å². The van der Waals surface area contributed by atoms with Gasteiger partial charge in [-0.2, -0.15) is 0 Å². The van der Waals surface area contributed by atoms with Gasteiger partial charge in [-0.3, -0.25) is 14.2 Å². The van der Waals surface area contributed by atoms with Crippen LogP contribution in [0.1, 0.15) is 13.8 Å². The zero-order chi connectivity index (χ0) is 24.1. The summed E-state index contributed by atoms with van der Waals surface area (Å²) >= 11 is 2.88. The van der Waals surface area contributed by atoms with Crippen molar-refractivity contribution in [2.24, 2.45) is 0 Å². The Bertz CT molecular complexity index is 1290. The van der Waals surface area contributed by atoms with Gasteiger partial charge in [-0.15, -0.1) is 21.5 Å². The summed E-state index contributed by atoms with van der Waals surface area (Å²) in [5, 5.41) is 16.5. The van der Waals surface area contributed by atoms with Gasteiger partial charge in [0.25, 0.3) is 0 Å². The lowest BCUT2D eigenvalue weighted by Gasteiger charge is -2.15. The molecule has 0 aliphatic heterocycles. The standard InChI is InChI=1S/C24H23N5O3S2/c1-15(23(31)26-18-12-10-17(11-13-18)25-16(2)30)34-24-28-27-22(21-9-6-14-33-21)29(24)19-7-4-5-8-20(19)32-3/h4-15H,1-3H3,(H,25,30)(H,26,31)/t15-/m1/s1. The average molecular weight is 494 g/mol. The molecule has 8 nitrogen and oxygen atoms in total. The molecule has 2 heterocycles. The molecule has 10 heteroatoms. The van der Waals surface area contributed by atoms with Crippen LogP contribution in [0.25, 0.3) is 16.4 Å². The van der Waals surface area contributed by atoms with Crippen molar-refractivity contribution in [3.05, 3.63) is 66.0 Å². The second kappa shape index (κ2) is 10.5. The van der Waals surface area contributed by atoms with Crippen molar-refractivity contribution in [1.29, 1.82) is 0 Å². The summed E-state index contributed by atoms with van der Waals surface area (Å²) in [5.41, 5.74) is 2.10. The molecule has 4 aromatic rings. The van der Waals surface area contributed by atoms with Crippen LogP contribution in [0.5, 0.6) is 5.75 Å². The Morgan fingerprint density at radius 1 is 1.00 bits per heavy atom. The Kier molecular flexibility index (Phi) is 7.29. The van der Waals surface area contributed by atoms with Gasteiger partial charge in [0.15, 0.2) is 11.0 Å². The van der Waals surface area contributed by atoms with E-state index in [0.717, 1.165) is 10.6 Å². The normalized spacial score (nSPS) is 11.6. The van der Waals surface area contributed by atoms with E-state index < -0.39 is 5.25 Å². The van der Waals surface area contributed by atoms with Crippen molar-refractivity contribution >= 4 is 46.3 Å². The minimum absolute atomic E-state index is 0.150. The van der Waals surface area contributed by atoms with Crippen LogP contribution in [0.3, 0.4) is 0 Å². The van der Waals surface area contributed by atoms with Crippen LogP contribution in [0.4, 0.5) is 11.4 Å². The topological polar surface area (TPSA) is 98.1 Å². The quantitative estimate of drug-likeness (QED) is 0.332. The summed E-state index contributed by atoms with van der Waals surface area (Å²) in [6.45, 7) is 3.26. The number of aromatic nitrogens is 3. The average Bonchev–Trinajstić information content (AvgIpc) is 3.50. The number of amides is 2. The van der Waals surface area contributed by atoms with Gasteiger partial charge in [-0.1, -0.05) is 30.0 Å². The number of carbonyl (C=O) groups is 2. The molecule has 0 fully saturated rings. The molecule has 34 heavy (non-hydrogen) atoms. The lowest BCUT2D eigenvalue weighted by atomic mass is 10.2. The maximum absolute atomic E-state index is 12.9. The predicted molar refractivity (Wildman–Crippen MR) is 136 cm³/mol. The van der Waals surface area contributed by atoms with E-state index in [0.29, 0.717) is 28.1 Å². The van der Waals surface area contributed by atoms with Crippen LogP contribution < -0.4 is 15.4 Å². The molecule has 2 aromatic heterocycles. The third-order valence-electron chi connectivity index (χ3n) is 4.83. The molecule has 0 bridgehead atoms. The third-order valence-corrected chi connectivity index (χ3v) is 6.73. The Morgan fingerprint density at radius 3 is 2.35 bits per heavy atom. The summed E-state index contributed by atoms with van der Waals surface area (Å²) in [5.74, 6) is 1.04. The van der Waals surface area contributed by atoms with Gasteiger partial charge in [0.1, 0.15) is 5.75 Å². The minimum atomic E-state index is -0.455.